The van der Waals surface area contributed by atoms with Gasteiger partial charge in [0.25, 0.3) is 5.91 Å². The highest BCUT2D eigenvalue weighted by Gasteiger charge is 2.31. The van der Waals surface area contributed by atoms with Crippen LogP contribution in [0.3, 0.4) is 0 Å². The van der Waals surface area contributed by atoms with E-state index in [1.165, 1.54) is 12.4 Å². The van der Waals surface area contributed by atoms with Crippen molar-refractivity contribution in [1.82, 2.24) is 15.3 Å². The van der Waals surface area contributed by atoms with Gasteiger partial charge in [-0.3, -0.25) is 4.79 Å². The van der Waals surface area contributed by atoms with Gasteiger partial charge in [-0.1, -0.05) is 30.3 Å². The fourth-order valence-electron chi connectivity index (χ4n) is 2.76. The molecular weight excluding hydrogens is 340 g/mol. The summed E-state index contributed by atoms with van der Waals surface area (Å²) < 4.78 is 23.2. The average molecular weight is 360 g/mol. The van der Waals surface area contributed by atoms with Crippen LogP contribution in [0.1, 0.15) is 22.5 Å². The van der Waals surface area contributed by atoms with Crippen LogP contribution in [0.25, 0.3) is 0 Å². The molecule has 0 bridgehead atoms. The third-order valence-electron chi connectivity index (χ3n) is 4.28. The van der Waals surface area contributed by atoms with Gasteiger partial charge in [-0.15, -0.1) is 0 Å². The van der Waals surface area contributed by atoms with E-state index in [1.54, 1.807) is 7.05 Å². The molecule has 2 aromatic rings. The van der Waals surface area contributed by atoms with E-state index in [2.05, 4.69) is 15.3 Å². The number of carbonyl (C=O) groups is 1. The molecule has 1 aromatic carbocycles. The van der Waals surface area contributed by atoms with Gasteiger partial charge in [0.2, 0.25) is 0 Å². The number of carbonyl (C=O) groups excluding carboxylic acids is 1. The van der Waals surface area contributed by atoms with Gasteiger partial charge in [-0.25, -0.2) is 18.4 Å². The van der Waals surface area contributed by atoms with Crippen LogP contribution in [0.5, 0.6) is 0 Å². The topological polar surface area (TPSA) is 92.3 Å². The lowest BCUT2D eigenvalue weighted by molar-refractivity contribution is 0.0945. The molecule has 25 heavy (non-hydrogen) atoms. The second kappa shape index (κ2) is 7.18. The van der Waals surface area contributed by atoms with Crippen molar-refractivity contribution < 1.29 is 13.2 Å². The zero-order valence-electron chi connectivity index (χ0n) is 13.9. The Morgan fingerprint density at radius 1 is 1.24 bits per heavy atom. The zero-order chi connectivity index (χ0) is 17.9. The second-order valence-corrected chi connectivity index (χ2v) is 8.32. The number of benzene rings is 1. The van der Waals surface area contributed by atoms with E-state index in [1.807, 2.05) is 35.2 Å². The first-order chi connectivity index (χ1) is 11.9. The van der Waals surface area contributed by atoms with Crippen molar-refractivity contribution >= 4 is 21.6 Å². The molecule has 1 aliphatic heterocycles. The molecule has 1 N–H and O–H groups in total. The molecule has 1 saturated heterocycles. The van der Waals surface area contributed by atoms with Crippen molar-refractivity contribution in [2.45, 2.75) is 19.0 Å². The molecule has 0 spiro atoms. The molecule has 7 nitrogen and oxygen atoms in total. The molecule has 1 aliphatic rings. The van der Waals surface area contributed by atoms with Gasteiger partial charge >= 0.3 is 0 Å². The molecular formula is C17H20N4O3S. The standard InChI is InChI=1S/C17H20N4O3S/c1-21(14-7-8-25(23,24)12-14)16-11-18-15(10-19-16)17(22)20-9-13-5-3-2-4-6-13/h2-6,10-11,14H,7-9,12H2,1H3,(H,20,22). The molecule has 3 rings (SSSR count). The third-order valence-corrected chi connectivity index (χ3v) is 6.03. The van der Waals surface area contributed by atoms with Crippen LogP contribution in [-0.4, -0.2) is 48.9 Å². The summed E-state index contributed by atoms with van der Waals surface area (Å²) in [5.41, 5.74) is 1.23. The molecule has 1 atom stereocenters. The van der Waals surface area contributed by atoms with Crippen molar-refractivity contribution in [3.63, 3.8) is 0 Å². The third kappa shape index (κ3) is 4.33. The van der Waals surface area contributed by atoms with Gasteiger partial charge in [-0.05, 0) is 12.0 Å². The number of nitrogens with zero attached hydrogens (tertiary/aromatic N) is 3. The predicted octanol–water partition coefficient (Wildman–Crippen LogP) is 1.03. The number of hydrogen-bond acceptors (Lipinski definition) is 6. The fourth-order valence-corrected chi connectivity index (χ4v) is 4.53. The number of rotatable bonds is 5. The lowest BCUT2D eigenvalue weighted by atomic mass is 10.2. The summed E-state index contributed by atoms with van der Waals surface area (Å²) in [6.07, 6.45) is 3.50. The minimum Gasteiger partial charge on any atom is -0.354 e. The SMILES string of the molecule is CN(c1cnc(C(=O)NCc2ccccc2)cn1)C1CCS(=O)(=O)C1. The Morgan fingerprint density at radius 2 is 2.00 bits per heavy atom. The average Bonchev–Trinajstić information content (AvgIpc) is 3.00. The smallest absolute Gasteiger partial charge is 0.271 e. The highest BCUT2D eigenvalue weighted by atomic mass is 32.2. The summed E-state index contributed by atoms with van der Waals surface area (Å²) in [6.45, 7) is 0.420. The lowest BCUT2D eigenvalue weighted by Crippen LogP contribution is -2.33. The Bertz CT molecular complexity index is 838. The van der Waals surface area contributed by atoms with Crippen LogP contribution in [0.4, 0.5) is 5.82 Å². The molecule has 2 heterocycles. The number of sulfone groups is 1. The Balaban J connectivity index is 1.60. The number of nitrogens with one attached hydrogen (secondary N) is 1. The first-order valence-electron chi connectivity index (χ1n) is 8.02. The van der Waals surface area contributed by atoms with E-state index < -0.39 is 9.84 Å². The van der Waals surface area contributed by atoms with Crippen LogP contribution in [0.2, 0.25) is 0 Å². The minimum atomic E-state index is -2.96. The summed E-state index contributed by atoms with van der Waals surface area (Å²) in [5, 5.41) is 2.80. The molecule has 1 fully saturated rings. The number of aromatic nitrogens is 2. The maximum atomic E-state index is 12.1. The number of anilines is 1. The van der Waals surface area contributed by atoms with E-state index in [9.17, 15) is 13.2 Å². The van der Waals surface area contributed by atoms with Crippen LogP contribution < -0.4 is 10.2 Å². The van der Waals surface area contributed by atoms with Gasteiger partial charge in [0.1, 0.15) is 11.5 Å². The van der Waals surface area contributed by atoms with Gasteiger partial charge in [-0.2, -0.15) is 0 Å². The van der Waals surface area contributed by atoms with Crippen molar-refractivity contribution in [3.8, 4) is 0 Å². The zero-order valence-corrected chi connectivity index (χ0v) is 14.7. The van der Waals surface area contributed by atoms with E-state index >= 15 is 0 Å². The van der Waals surface area contributed by atoms with Gasteiger partial charge in [0, 0.05) is 19.6 Å². The van der Waals surface area contributed by atoms with Gasteiger partial charge in [0.05, 0.1) is 23.9 Å². The van der Waals surface area contributed by atoms with Crippen molar-refractivity contribution in [2.24, 2.45) is 0 Å². The van der Waals surface area contributed by atoms with Crippen LogP contribution >= 0.6 is 0 Å². The first kappa shape index (κ1) is 17.3. The summed E-state index contributed by atoms with van der Waals surface area (Å²) in [4.78, 5) is 22.4. The summed E-state index contributed by atoms with van der Waals surface area (Å²) in [6, 6.07) is 9.50. The summed E-state index contributed by atoms with van der Waals surface area (Å²) in [5.74, 6) is 0.593. The highest BCUT2D eigenvalue weighted by Crippen LogP contribution is 2.20. The van der Waals surface area contributed by atoms with E-state index in [0.29, 0.717) is 18.8 Å². The maximum Gasteiger partial charge on any atom is 0.271 e. The maximum absolute atomic E-state index is 12.1. The van der Waals surface area contributed by atoms with Crippen molar-refractivity contribution in [3.05, 3.63) is 54.0 Å². The predicted molar refractivity (Wildman–Crippen MR) is 95.1 cm³/mol. The molecule has 1 aromatic heterocycles. The summed E-state index contributed by atoms with van der Waals surface area (Å²) in [7, 11) is -1.16. The van der Waals surface area contributed by atoms with E-state index in [0.717, 1.165) is 5.56 Å². The van der Waals surface area contributed by atoms with Crippen LogP contribution in [0.15, 0.2) is 42.7 Å². The molecule has 0 radical (unpaired) electrons. The Kier molecular flexibility index (Phi) is 4.98. The van der Waals surface area contributed by atoms with Crippen molar-refractivity contribution in [2.75, 3.05) is 23.5 Å². The normalized spacial score (nSPS) is 18.7. The monoisotopic (exact) mass is 360 g/mol. The highest BCUT2D eigenvalue weighted by molar-refractivity contribution is 7.91. The minimum absolute atomic E-state index is 0.0999. The second-order valence-electron chi connectivity index (χ2n) is 6.10. The molecule has 8 heteroatoms. The van der Waals surface area contributed by atoms with Gasteiger partial charge in [0.15, 0.2) is 9.84 Å². The number of hydrogen-bond donors (Lipinski definition) is 1. The lowest BCUT2D eigenvalue weighted by Gasteiger charge is -2.23. The van der Waals surface area contributed by atoms with Crippen LogP contribution in [0, 0.1) is 0 Å². The molecule has 0 aliphatic carbocycles. The largest absolute Gasteiger partial charge is 0.354 e. The molecule has 132 valence electrons. The first-order valence-corrected chi connectivity index (χ1v) is 9.84. The Labute approximate surface area is 147 Å². The van der Waals surface area contributed by atoms with Crippen molar-refractivity contribution in [1.29, 1.82) is 0 Å². The Morgan fingerprint density at radius 3 is 2.60 bits per heavy atom. The molecule has 1 amide bonds. The van der Waals surface area contributed by atoms with E-state index in [-0.39, 0.29) is 29.1 Å². The fraction of sp³-hybridized carbons (Fsp3) is 0.353. The quantitative estimate of drug-likeness (QED) is 0.856. The number of amides is 1. The van der Waals surface area contributed by atoms with Crippen LogP contribution in [-0.2, 0) is 16.4 Å². The van der Waals surface area contributed by atoms with E-state index in [4.69, 9.17) is 0 Å². The Hall–Kier alpha value is -2.48. The molecule has 1 unspecified atom stereocenters. The molecule has 0 saturated carbocycles. The summed E-state index contributed by atoms with van der Waals surface area (Å²) >= 11 is 0. The van der Waals surface area contributed by atoms with Gasteiger partial charge < -0.3 is 10.2 Å².